The van der Waals surface area contributed by atoms with E-state index in [-0.39, 0.29) is 11.8 Å². The Morgan fingerprint density at radius 1 is 1.29 bits per heavy atom. The van der Waals surface area contributed by atoms with Gasteiger partial charge in [0.1, 0.15) is 5.60 Å². The molecule has 1 amide bonds. The summed E-state index contributed by atoms with van der Waals surface area (Å²) in [7, 11) is 1.67. The van der Waals surface area contributed by atoms with Gasteiger partial charge >= 0.3 is 6.09 Å². The van der Waals surface area contributed by atoms with Crippen LogP contribution in [0.25, 0.3) is 0 Å². The molecule has 0 saturated carbocycles. The molecule has 174 valence electrons. The van der Waals surface area contributed by atoms with Crippen molar-refractivity contribution in [3.05, 3.63) is 17.5 Å². The Hall–Kier alpha value is -1.93. The average molecular weight is 435 g/mol. The number of aromatic nitrogens is 2. The fourth-order valence-corrected chi connectivity index (χ4v) is 4.80. The Kier molecular flexibility index (Phi) is 7.75. The van der Waals surface area contributed by atoms with E-state index < -0.39 is 11.7 Å². The summed E-state index contributed by atoms with van der Waals surface area (Å²) in [5, 5.41) is 7.62. The van der Waals surface area contributed by atoms with E-state index in [1.54, 1.807) is 7.11 Å². The van der Waals surface area contributed by atoms with Crippen LogP contribution < -0.4 is 5.32 Å². The summed E-state index contributed by atoms with van der Waals surface area (Å²) in [6.45, 7) is 10.8. The van der Waals surface area contributed by atoms with Crippen LogP contribution >= 0.6 is 0 Å². The first-order chi connectivity index (χ1) is 14.7. The van der Waals surface area contributed by atoms with E-state index in [0.29, 0.717) is 25.1 Å². The van der Waals surface area contributed by atoms with E-state index in [1.807, 2.05) is 27.0 Å². The zero-order valence-electron chi connectivity index (χ0n) is 19.6. The Balaban J connectivity index is 1.70. The van der Waals surface area contributed by atoms with Gasteiger partial charge in [-0.25, -0.2) is 4.79 Å². The number of nitrogens with one attached hydrogen (secondary N) is 1. The highest BCUT2D eigenvalue weighted by Gasteiger charge is 2.42. The smallest absolute Gasteiger partial charge is 0.435 e. The maximum atomic E-state index is 12.8. The predicted octanol–water partition coefficient (Wildman–Crippen LogP) is 2.63. The summed E-state index contributed by atoms with van der Waals surface area (Å²) in [6, 6.07) is 0.390. The van der Waals surface area contributed by atoms with Crippen LogP contribution in [0.5, 0.6) is 0 Å². The van der Waals surface area contributed by atoms with Crippen LogP contribution in [-0.4, -0.2) is 71.7 Å². The number of nitrogens with zero attached hydrogens (tertiary/aromatic N) is 3. The molecule has 0 unspecified atom stereocenters. The van der Waals surface area contributed by atoms with Gasteiger partial charge in [0.2, 0.25) is 5.91 Å². The molecule has 0 aromatic carbocycles. The predicted molar refractivity (Wildman–Crippen MR) is 118 cm³/mol. The summed E-state index contributed by atoms with van der Waals surface area (Å²) < 4.78 is 11.9. The zero-order chi connectivity index (χ0) is 22.6. The Bertz CT molecular complexity index is 770. The standard InChI is InChI=1S/C23H38N4O4/c1-6-9-26-14-18(21(28)24-8-7-10-30-5)11-16-12-19-17(13-20(16)26)15-27(25-19)22(29)31-23(2,3)4/h15-16,18,20H,6-14H2,1-5H3,(H,24,28)/t16-,18-,20-/m1/s1. The van der Waals surface area contributed by atoms with Crippen molar-refractivity contribution in [3.8, 4) is 0 Å². The van der Waals surface area contributed by atoms with Gasteiger partial charge in [-0.05, 0) is 70.9 Å². The summed E-state index contributed by atoms with van der Waals surface area (Å²) >= 11 is 0. The molecule has 3 rings (SSSR count). The summed E-state index contributed by atoms with van der Waals surface area (Å²) in [5.74, 6) is 0.495. The van der Waals surface area contributed by atoms with Crippen molar-refractivity contribution in [2.45, 2.75) is 71.4 Å². The normalized spacial score (nSPS) is 23.7. The molecular formula is C23H38N4O4. The quantitative estimate of drug-likeness (QED) is 0.664. The highest BCUT2D eigenvalue weighted by Crippen LogP contribution is 2.37. The molecule has 31 heavy (non-hydrogen) atoms. The second kappa shape index (κ2) is 10.1. The molecule has 1 aromatic rings. The van der Waals surface area contributed by atoms with Crippen molar-refractivity contribution in [1.82, 2.24) is 20.0 Å². The Labute approximate surface area is 185 Å². The minimum Gasteiger partial charge on any atom is -0.442 e. The van der Waals surface area contributed by atoms with E-state index in [1.165, 1.54) is 4.68 Å². The number of likely N-dealkylation sites (tertiary alicyclic amines) is 1. The Morgan fingerprint density at radius 2 is 2.06 bits per heavy atom. The van der Waals surface area contributed by atoms with E-state index in [2.05, 4.69) is 22.2 Å². The number of carbonyl (C=O) groups excluding carboxylic acids is 2. The number of amides is 1. The van der Waals surface area contributed by atoms with Gasteiger partial charge in [0.05, 0.1) is 11.6 Å². The lowest BCUT2D eigenvalue weighted by Gasteiger charge is -2.46. The highest BCUT2D eigenvalue weighted by molar-refractivity contribution is 5.79. The van der Waals surface area contributed by atoms with Gasteiger partial charge in [-0.1, -0.05) is 6.92 Å². The highest BCUT2D eigenvalue weighted by atomic mass is 16.6. The average Bonchev–Trinajstić information content (AvgIpc) is 3.11. The molecule has 1 N–H and O–H groups in total. The SMILES string of the molecule is CCCN1C[C@H](C(=O)NCCCOC)C[C@@H]2Cc3nn(C(=O)OC(C)(C)C)cc3C[C@H]21. The van der Waals surface area contributed by atoms with Crippen molar-refractivity contribution in [1.29, 1.82) is 0 Å². The first-order valence-corrected chi connectivity index (χ1v) is 11.5. The maximum absolute atomic E-state index is 12.8. The number of hydrogen-bond donors (Lipinski definition) is 1. The lowest BCUT2D eigenvalue weighted by Crippen LogP contribution is -2.55. The number of rotatable bonds is 7. The number of piperidine rings is 1. The van der Waals surface area contributed by atoms with Gasteiger partial charge in [0, 0.05) is 39.0 Å². The molecule has 1 aliphatic carbocycles. The monoisotopic (exact) mass is 434 g/mol. The molecular weight excluding hydrogens is 396 g/mol. The number of fused-ring (bicyclic) bond motifs is 2. The second-order valence-corrected chi connectivity index (χ2v) is 9.83. The molecule has 1 fully saturated rings. The summed E-state index contributed by atoms with van der Waals surface area (Å²) in [6.07, 6.45) is 5.79. The molecule has 1 aromatic heterocycles. The second-order valence-electron chi connectivity index (χ2n) is 9.83. The molecule has 8 nitrogen and oxygen atoms in total. The van der Waals surface area contributed by atoms with Crippen LogP contribution in [0.3, 0.4) is 0 Å². The molecule has 3 atom stereocenters. The van der Waals surface area contributed by atoms with Crippen LogP contribution in [0.4, 0.5) is 4.79 Å². The van der Waals surface area contributed by atoms with Crippen LogP contribution in [0.1, 0.15) is 58.2 Å². The third-order valence-corrected chi connectivity index (χ3v) is 6.10. The molecule has 1 aliphatic heterocycles. The van der Waals surface area contributed by atoms with Gasteiger partial charge in [-0.3, -0.25) is 9.69 Å². The maximum Gasteiger partial charge on any atom is 0.435 e. The minimum absolute atomic E-state index is 0.00941. The van der Waals surface area contributed by atoms with Crippen molar-refractivity contribution in [2.75, 3.05) is 33.4 Å². The first-order valence-electron chi connectivity index (χ1n) is 11.5. The summed E-state index contributed by atoms with van der Waals surface area (Å²) in [4.78, 5) is 27.7. The fourth-order valence-electron chi connectivity index (χ4n) is 4.80. The van der Waals surface area contributed by atoms with E-state index in [0.717, 1.165) is 56.5 Å². The lowest BCUT2D eigenvalue weighted by atomic mass is 9.74. The van der Waals surface area contributed by atoms with Gasteiger partial charge in [-0.2, -0.15) is 9.78 Å². The first kappa shape index (κ1) is 23.7. The molecule has 0 spiro atoms. The topological polar surface area (TPSA) is 85.7 Å². The van der Waals surface area contributed by atoms with Gasteiger partial charge in [0.15, 0.2) is 0 Å². The number of hydrogen-bond acceptors (Lipinski definition) is 6. The van der Waals surface area contributed by atoms with Crippen LogP contribution in [-0.2, 0) is 27.1 Å². The third-order valence-electron chi connectivity index (χ3n) is 6.10. The van der Waals surface area contributed by atoms with Crippen molar-refractivity contribution in [3.63, 3.8) is 0 Å². The Morgan fingerprint density at radius 3 is 2.74 bits per heavy atom. The van der Waals surface area contributed by atoms with E-state index in [9.17, 15) is 9.59 Å². The molecule has 1 saturated heterocycles. The van der Waals surface area contributed by atoms with Crippen molar-refractivity contribution >= 4 is 12.0 Å². The molecule has 8 heteroatoms. The molecule has 2 aliphatic rings. The van der Waals surface area contributed by atoms with Gasteiger partial charge in [0.25, 0.3) is 0 Å². The molecule has 0 bridgehead atoms. The zero-order valence-corrected chi connectivity index (χ0v) is 19.6. The number of ether oxygens (including phenoxy) is 2. The van der Waals surface area contributed by atoms with Crippen LogP contribution in [0, 0.1) is 11.8 Å². The van der Waals surface area contributed by atoms with Crippen molar-refractivity contribution in [2.24, 2.45) is 11.8 Å². The largest absolute Gasteiger partial charge is 0.442 e. The van der Waals surface area contributed by atoms with Gasteiger partial charge < -0.3 is 14.8 Å². The lowest BCUT2D eigenvalue weighted by molar-refractivity contribution is -0.128. The van der Waals surface area contributed by atoms with Crippen LogP contribution in [0.15, 0.2) is 6.20 Å². The van der Waals surface area contributed by atoms with E-state index in [4.69, 9.17) is 9.47 Å². The van der Waals surface area contributed by atoms with Crippen molar-refractivity contribution < 1.29 is 19.1 Å². The number of carbonyl (C=O) groups is 2. The number of methoxy groups -OCH3 is 1. The molecule has 0 radical (unpaired) electrons. The summed E-state index contributed by atoms with van der Waals surface area (Å²) in [5.41, 5.74) is 1.53. The third kappa shape index (κ3) is 6.07. The minimum atomic E-state index is -0.556. The van der Waals surface area contributed by atoms with E-state index >= 15 is 0 Å². The molecule has 2 heterocycles. The van der Waals surface area contributed by atoms with Gasteiger partial charge in [-0.15, -0.1) is 0 Å². The van der Waals surface area contributed by atoms with Crippen LogP contribution in [0.2, 0.25) is 0 Å². The fraction of sp³-hybridized carbons (Fsp3) is 0.783.